The zero-order valence-corrected chi connectivity index (χ0v) is 11.3. The van der Waals surface area contributed by atoms with Crippen molar-refractivity contribution >= 4 is 5.97 Å². The number of carbonyl (C=O) groups is 1. The highest BCUT2D eigenvalue weighted by Crippen LogP contribution is 2.22. The molecule has 104 valence electrons. The molecule has 0 fully saturated rings. The molecule has 0 saturated heterocycles. The molecular formula is C17H14N2O2. The third-order valence-electron chi connectivity index (χ3n) is 3.33. The fourth-order valence-corrected chi connectivity index (χ4v) is 2.30. The Labute approximate surface area is 122 Å². The molecule has 21 heavy (non-hydrogen) atoms. The zero-order chi connectivity index (χ0) is 14.7. The number of carboxylic acids is 1. The summed E-state index contributed by atoms with van der Waals surface area (Å²) in [6.45, 7) is 0.535. The molecule has 0 radical (unpaired) electrons. The van der Waals surface area contributed by atoms with Gasteiger partial charge in [0.25, 0.3) is 0 Å². The maximum Gasteiger partial charge on any atom is 0.352 e. The number of pyridine rings is 1. The van der Waals surface area contributed by atoms with Crippen LogP contribution in [0, 0.1) is 0 Å². The van der Waals surface area contributed by atoms with E-state index in [1.54, 1.807) is 23.0 Å². The van der Waals surface area contributed by atoms with Crippen LogP contribution in [0.25, 0.3) is 11.1 Å². The van der Waals surface area contributed by atoms with E-state index < -0.39 is 5.97 Å². The van der Waals surface area contributed by atoms with Crippen molar-refractivity contribution < 1.29 is 9.90 Å². The van der Waals surface area contributed by atoms with E-state index in [0.29, 0.717) is 6.54 Å². The van der Waals surface area contributed by atoms with Crippen molar-refractivity contribution in [2.45, 2.75) is 6.54 Å². The molecular weight excluding hydrogens is 264 g/mol. The fraction of sp³-hybridized carbons (Fsp3) is 0.0588. The van der Waals surface area contributed by atoms with Crippen LogP contribution in [-0.4, -0.2) is 20.6 Å². The van der Waals surface area contributed by atoms with E-state index in [-0.39, 0.29) is 5.69 Å². The van der Waals surface area contributed by atoms with Crippen molar-refractivity contribution in [2.75, 3.05) is 0 Å². The van der Waals surface area contributed by atoms with Crippen molar-refractivity contribution in [2.24, 2.45) is 0 Å². The first-order valence-electron chi connectivity index (χ1n) is 6.62. The van der Waals surface area contributed by atoms with Gasteiger partial charge in [0.15, 0.2) is 0 Å². The van der Waals surface area contributed by atoms with E-state index in [2.05, 4.69) is 4.98 Å². The maximum atomic E-state index is 11.4. The summed E-state index contributed by atoms with van der Waals surface area (Å²) >= 11 is 0. The summed E-state index contributed by atoms with van der Waals surface area (Å²) in [5.41, 5.74) is 3.19. The van der Waals surface area contributed by atoms with E-state index in [1.807, 2.05) is 48.7 Å². The van der Waals surface area contributed by atoms with Gasteiger partial charge in [-0.3, -0.25) is 4.98 Å². The topological polar surface area (TPSA) is 55.1 Å². The van der Waals surface area contributed by atoms with Gasteiger partial charge in [-0.15, -0.1) is 0 Å². The second kappa shape index (κ2) is 5.63. The Hall–Kier alpha value is -2.88. The van der Waals surface area contributed by atoms with Gasteiger partial charge in [-0.2, -0.15) is 0 Å². The van der Waals surface area contributed by atoms with Crippen LogP contribution in [0.4, 0.5) is 0 Å². The quantitative estimate of drug-likeness (QED) is 0.796. The summed E-state index contributed by atoms with van der Waals surface area (Å²) in [7, 11) is 0. The number of aromatic carboxylic acids is 1. The Kier molecular flexibility index (Phi) is 3.51. The number of rotatable bonds is 4. The molecule has 0 spiro atoms. The predicted octanol–water partition coefficient (Wildman–Crippen LogP) is 3.30. The second-order valence-electron chi connectivity index (χ2n) is 4.77. The van der Waals surface area contributed by atoms with E-state index in [9.17, 15) is 9.90 Å². The first kappa shape index (κ1) is 13.1. The normalized spacial score (nSPS) is 10.5. The van der Waals surface area contributed by atoms with Gasteiger partial charge in [0.1, 0.15) is 5.69 Å². The Morgan fingerprint density at radius 1 is 1.05 bits per heavy atom. The molecule has 0 aliphatic heterocycles. The van der Waals surface area contributed by atoms with Crippen LogP contribution >= 0.6 is 0 Å². The van der Waals surface area contributed by atoms with Crippen LogP contribution in [-0.2, 0) is 6.54 Å². The average molecular weight is 278 g/mol. The number of carboxylic acid groups (broad SMARTS) is 1. The van der Waals surface area contributed by atoms with Crippen LogP contribution in [0.15, 0.2) is 67.1 Å². The predicted molar refractivity (Wildman–Crippen MR) is 80.2 cm³/mol. The molecule has 0 saturated carbocycles. The molecule has 4 nitrogen and oxygen atoms in total. The summed E-state index contributed by atoms with van der Waals surface area (Å²) in [6.07, 6.45) is 5.26. The van der Waals surface area contributed by atoms with Gasteiger partial charge in [-0.25, -0.2) is 4.79 Å². The molecule has 1 aromatic carbocycles. The van der Waals surface area contributed by atoms with Crippen molar-refractivity contribution in [3.8, 4) is 11.1 Å². The highest BCUT2D eigenvalue weighted by Gasteiger charge is 2.13. The van der Waals surface area contributed by atoms with Crippen LogP contribution in [0.3, 0.4) is 0 Å². The summed E-state index contributed by atoms with van der Waals surface area (Å²) in [5, 5.41) is 9.37. The van der Waals surface area contributed by atoms with Gasteiger partial charge in [0, 0.05) is 30.7 Å². The lowest BCUT2D eigenvalue weighted by atomic mass is 10.1. The minimum atomic E-state index is -0.925. The van der Waals surface area contributed by atoms with Crippen LogP contribution in [0.2, 0.25) is 0 Å². The average Bonchev–Trinajstić information content (AvgIpc) is 2.93. The van der Waals surface area contributed by atoms with Crippen molar-refractivity contribution in [1.82, 2.24) is 9.55 Å². The van der Waals surface area contributed by atoms with Crippen molar-refractivity contribution in [3.63, 3.8) is 0 Å². The molecule has 3 rings (SSSR count). The molecule has 0 unspecified atom stereocenters. The molecule has 3 aromatic rings. The van der Waals surface area contributed by atoms with Gasteiger partial charge in [-0.1, -0.05) is 30.3 Å². The van der Waals surface area contributed by atoms with Crippen LogP contribution < -0.4 is 0 Å². The molecule has 4 heteroatoms. The first-order valence-corrected chi connectivity index (χ1v) is 6.62. The monoisotopic (exact) mass is 278 g/mol. The fourth-order valence-electron chi connectivity index (χ4n) is 2.30. The summed E-state index contributed by atoms with van der Waals surface area (Å²) in [5.74, 6) is -0.925. The standard InChI is InChI=1S/C17H14N2O2/c20-17(21)16-10-15(14-6-8-18-9-7-14)12-19(16)11-13-4-2-1-3-5-13/h1-10,12H,11H2,(H,20,21). The van der Waals surface area contributed by atoms with Gasteiger partial charge in [0.2, 0.25) is 0 Å². The molecule has 0 bridgehead atoms. The lowest BCUT2D eigenvalue weighted by Crippen LogP contribution is -2.08. The number of nitrogens with zero attached hydrogens (tertiary/aromatic N) is 2. The van der Waals surface area contributed by atoms with Gasteiger partial charge < -0.3 is 9.67 Å². The van der Waals surface area contributed by atoms with Crippen LogP contribution in [0.1, 0.15) is 16.1 Å². The SMILES string of the molecule is O=C(O)c1cc(-c2ccncc2)cn1Cc1ccccc1. The molecule has 0 aliphatic rings. The lowest BCUT2D eigenvalue weighted by Gasteiger charge is -2.06. The summed E-state index contributed by atoms with van der Waals surface area (Å²) in [4.78, 5) is 15.4. The molecule has 1 N–H and O–H groups in total. The third kappa shape index (κ3) is 2.84. The number of hydrogen-bond donors (Lipinski definition) is 1. The minimum Gasteiger partial charge on any atom is -0.477 e. The Morgan fingerprint density at radius 3 is 2.43 bits per heavy atom. The molecule has 0 atom stereocenters. The van der Waals surface area contributed by atoms with E-state index in [0.717, 1.165) is 16.7 Å². The summed E-state index contributed by atoms with van der Waals surface area (Å²) in [6, 6.07) is 15.2. The molecule has 2 aromatic heterocycles. The van der Waals surface area contributed by atoms with Crippen molar-refractivity contribution in [3.05, 3.63) is 78.4 Å². The number of aromatic nitrogens is 2. The molecule has 0 amide bonds. The maximum absolute atomic E-state index is 11.4. The Balaban J connectivity index is 2.00. The molecule has 2 heterocycles. The largest absolute Gasteiger partial charge is 0.477 e. The summed E-state index contributed by atoms with van der Waals surface area (Å²) < 4.78 is 1.76. The Bertz CT molecular complexity index is 749. The minimum absolute atomic E-state index is 0.283. The lowest BCUT2D eigenvalue weighted by molar-refractivity contribution is 0.0685. The van der Waals surface area contributed by atoms with E-state index in [4.69, 9.17) is 0 Å². The molecule has 0 aliphatic carbocycles. The highest BCUT2D eigenvalue weighted by atomic mass is 16.4. The zero-order valence-electron chi connectivity index (χ0n) is 11.3. The highest BCUT2D eigenvalue weighted by molar-refractivity contribution is 5.88. The van der Waals surface area contributed by atoms with E-state index in [1.165, 1.54) is 0 Å². The van der Waals surface area contributed by atoms with E-state index >= 15 is 0 Å². The van der Waals surface area contributed by atoms with Gasteiger partial charge in [0.05, 0.1) is 0 Å². The Morgan fingerprint density at radius 2 is 1.76 bits per heavy atom. The van der Waals surface area contributed by atoms with Crippen molar-refractivity contribution in [1.29, 1.82) is 0 Å². The van der Waals surface area contributed by atoms with Gasteiger partial charge >= 0.3 is 5.97 Å². The third-order valence-corrected chi connectivity index (χ3v) is 3.33. The number of hydrogen-bond acceptors (Lipinski definition) is 2. The van der Waals surface area contributed by atoms with Gasteiger partial charge in [-0.05, 0) is 29.3 Å². The number of benzene rings is 1. The second-order valence-corrected chi connectivity index (χ2v) is 4.77. The van der Waals surface area contributed by atoms with Crippen LogP contribution in [0.5, 0.6) is 0 Å². The smallest absolute Gasteiger partial charge is 0.352 e. The first-order chi connectivity index (χ1) is 10.2.